The largest absolute Gasteiger partial charge is 0.378 e. The van der Waals surface area contributed by atoms with Crippen molar-refractivity contribution in [2.75, 3.05) is 32.8 Å². The van der Waals surface area contributed by atoms with Gasteiger partial charge in [-0.1, -0.05) is 5.16 Å². The molecule has 1 fully saturated rings. The first-order valence-corrected chi connectivity index (χ1v) is 6.12. The maximum Gasteiger partial charge on any atom is 0.239 e. The number of hydrogen-bond donors (Lipinski definition) is 1. The summed E-state index contributed by atoms with van der Waals surface area (Å²) in [5.74, 6) is 0.764. The first kappa shape index (κ1) is 13.0. The maximum atomic E-state index is 12.0. The SMILES string of the molecule is CC(NCCc1ncon1)C(=O)N1CCOCC1. The van der Waals surface area contributed by atoms with Crippen LogP contribution in [0.4, 0.5) is 0 Å². The second-order valence-electron chi connectivity index (χ2n) is 4.21. The average Bonchev–Trinajstić information content (AvgIpc) is 2.92. The molecule has 0 radical (unpaired) electrons. The topological polar surface area (TPSA) is 80.5 Å². The highest BCUT2D eigenvalue weighted by Crippen LogP contribution is 2.00. The van der Waals surface area contributed by atoms with Gasteiger partial charge in [-0.3, -0.25) is 4.79 Å². The summed E-state index contributed by atoms with van der Waals surface area (Å²) in [5.41, 5.74) is 0. The van der Waals surface area contributed by atoms with Crippen LogP contribution >= 0.6 is 0 Å². The zero-order valence-electron chi connectivity index (χ0n) is 10.5. The summed E-state index contributed by atoms with van der Waals surface area (Å²) in [6, 6.07) is -0.199. The Balaban J connectivity index is 1.70. The zero-order valence-corrected chi connectivity index (χ0v) is 10.5. The lowest BCUT2D eigenvalue weighted by molar-refractivity contribution is -0.137. The fraction of sp³-hybridized carbons (Fsp3) is 0.727. The van der Waals surface area contributed by atoms with Crippen molar-refractivity contribution in [2.45, 2.75) is 19.4 Å². The maximum absolute atomic E-state index is 12.0. The fourth-order valence-corrected chi connectivity index (χ4v) is 1.85. The van der Waals surface area contributed by atoms with Gasteiger partial charge in [-0.15, -0.1) is 0 Å². The molecule has 1 aromatic heterocycles. The first-order valence-electron chi connectivity index (χ1n) is 6.12. The molecule has 7 heteroatoms. The van der Waals surface area contributed by atoms with E-state index in [9.17, 15) is 4.79 Å². The second kappa shape index (κ2) is 6.46. The van der Waals surface area contributed by atoms with Crippen LogP contribution in [-0.2, 0) is 16.0 Å². The Morgan fingerprint density at radius 3 is 3.00 bits per heavy atom. The van der Waals surface area contributed by atoms with E-state index in [1.54, 1.807) is 0 Å². The second-order valence-corrected chi connectivity index (χ2v) is 4.21. The van der Waals surface area contributed by atoms with E-state index in [2.05, 4.69) is 20.0 Å². The van der Waals surface area contributed by atoms with Crippen LogP contribution in [0, 0.1) is 0 Å². The number of carbonyl (C=O) groups excluding carboxylic acids is 1. The number of nitrogens with zero attached hydrogens (tertiary/aromatic N) is 3. The summed E-state index contributed by atoms with van der Waals surface area (Å²) in [7, 11) is 0. The molecular formula is C11H18N4O3. The van der Waals surface area contributed by atoms with Gasteiger partial charge in [-0.05, 0) is 6.92 Å². The first-order chi connectivity index (χ1) is 8.77. The van der Waals surface area contributed by atoms with Gasteiger partial charge < -0.3 is 19.5 Å². The predicted octanol–water partition coefficient (Wildman–Crippen LogP) is -0.551. The number of carbonyl (C=O) groups is 1. The third-order valence-electron chi connectivity index (χ3n) is 2.90. The predicted molar refractivity (Wildman–Crippen MR) is 62.9 cm³/mol. The molecular weight excluding hydrogens is 236 g/mol. The van der Waals surface area contributed by atoms with Crippen LogP contribution in [0.2, 0.25) is 0 Å². The third kappa shape index (κ3) is 3.51. The summed E-state index contributed by atoms with van der Waals surface area (Å²) in [5, 5.41) is 6.87. The number of ether oxygens (including phenoxy) is 1. The van der Waals surface area contributed by atoms with Gasteiger partial charge in [-0.2, -0.15) is 4.98 Å². The Kier molecular flexibility index (Phi) is 4.66. The van der Waals surface area contributed by atoms with Gasteiger partial charge >= 0.3 is 0 Å². The molecule has 1 N–H and O–H groups in total. The zero-order chi connectivity index (χ0) is 12.8. The molecule has 0 saturated carbocycles. The van der Waals surface area contributed by atoms with Crippen molar-refractivity contribution < 1.29 is 14.1 Å². The van der Waals surface area contributed by atoms with Gasteiger partial charge in [0.25, 0.3) is 0 Å². The molecule has 1 unspecified atom stereocenters. The number of aromatic nitrogens is 2. The molecule has 2 rings (SSSR count). The summed E-state index contributed by atoms with van der Waals surface area (Å²) >= 11 is 0. The lowest BCUT2D eigenvalue weighted by Crippen LogP contribution is -2.49. The Labute approximate surface area is 105 Å². The summed E-state index contributed by atoms with van der Waals surface area (Å²) in [4.78, 5) is 17.8. The van der Waals surface area contributed by atoms with E-state index < -0.39 is 0 Å². The molecule has 1 atom stereocenters. The summed E-state index contributed by atoms with van der Waals surface area (Å²) in [6.45, 7) is 5.12. The van der Waals surface area contributed by atoms with Crippen molar-refractivity contribution in [3.05, 3.63) is 12.2 Å². The molecule has 7 nitrogen and oxygen atoms in total. The molecule has 0 spiro atoms. The van der Waals surface area contributed by atoms with Crippen molar-refractivity contribution >= 4 is 5.91 Å². The summed E-state index contributed by atoms with van der Waals surface area (Å²) in [6.07, 6.45) is 1.95. The van der Waals surface area contributed by atoms with Crippen molar-refractivity contribution in [3.63, 3.8) is 0 Å². The van der Waals surface area contributed by atoms with Crippen molar-refractivity contribution in [1.29, 1.82) is 0 Å². The van der Waals surface area contributed by atoms with Crippen LogP contribution in [-0.4, -0.2) is 59.8 Å². The molecule has 100 valence electrons. The normalized spacial score (nSPS) is 17.7. The van der Waals surface area contributed by atoms with E-state index in [-0.39, 0.29) is 11.9 Å². The van der Waals surface area contributed by atoms with Crippen LogP contribution < -0.4 is 5.32 Å². The quantitative estimate of drug-likeness (QED) is 0.759. The number of rotatable bonds is 5. The molecule has 1 aliphatic heterocycles. The molecule has 1 amide bonds. The van der Waals surface area contributed by atoms with Crippen LogP contribution in [0.5, 0.6) is 0 Å². The lowest BCUT2D eigenvalue weighted by Gasteiger charge is -2.29. The minimum Gasteiger partial charge on any atom is -0.378 e. The van der Waals surface area contributed by atoms with Crippen LogP contribution in [0.15, 0.2) is 10.9 Å². The Morgan fingerprint density at radius 2 is 2.33 bits per heavy atom. The van der Waals surface area contributed by atoms with Crippen molar-refractivity contribution in [2.24, 2.45) is 0 Å². The van der Waals surface area contributed by atoms with Gasteiger partial charge in [0.05, 0.1) is 19.3 Å². The molecule has 1 aromatic rings. The van der Waals surface area contributed by atoms with Gasteiger partial charge in [0.15, 0.2) is 5.82 Å². The molecule has 0 aromatic carbocycles. The number of nitrogens with one attached hydrogen (secondary N) is 1. The van der Waals surface area contributed by atoms with E-state index in [0.29, 0.717) is 45.1 Å². The van der Waals surface area contributed by atoms with Crippen molar-refractivity contribution in [1.82, 2.24) is 20.4 Å². The van der Waals surface area contributed by atoms with Crippen LogP contribution in [0.25, 0.3) is 0 Å². The molecule has 1 saturated heterocycles. The lowest BCUT2D eigenvalue weighted by atomic mass is 10.2. The standard InChI is InChI=1S/C11H18N4O3/c1-9(11(16)15-4-6-17-7-5-15)12-3-2-10-13-8-18-14-10/h8-9,12H,2-7H2,1H3. The van der Waals surface area contributed by atoms with Crippen LogP contribution in [0.3, 0.4) is 0 Å². The van der Waals surface area contributed by atoms with Crippen LogP contribution in [0.1, 0.15) is 12.7 Å². The van der Waals surface area contributed by atoms with E-state index in [1.807, 2.05) is 11.8 Å². The molecule has 1 aliphatic rings. The van der Waals surface area contributed by atoms with E-state index >= 15 is 0 Å². The highest BCUT2D eigenvalue weighted by molar-refractivity contribution is 5.81. The molecule has 18 heavy (non-hydrogen) atoms. The molecule has 2 heterocycles. The fourth-order valence-electron chi connectivity index (χ4n) is 1.85. The highest BCUT2D eigenvalue weighted by Gasteiger charge is 2.21. The summed E-state index contributed by atoms with van der Waals surface area (Å²) < 4.78 is 9.86. The Morgan fingerprint density at radius 1 is 1.56 bits per heavy atom. The molecule has 0 aliphatic carbocycles. The van der Waals surface area contributed by atoms with E-state index in [1.165, 1.54) is 6.39 Å². The number of morpholine rings is 1. The molecule has 0 bridgehead atoms. The van der Waals surface area contributed by atoms with Gasteiger partial charge in [0.2, 0.25) is 12.3 Å². The minimum absolute atomic E-state index is 0.117. The van der Waals surface area contributed by atoms with E-state index in [4.69, 9.17) is 4.74 Å². The Bertz CT molecular complexity index is 362. The number of hydrogen-bond acceptors (Lipinski definition) is 6. The highest BCUT2D eigenvalue weighted by atomic mass is 16.5. The van der Waals surface area contributed by atoms with Gasteiger partial charge in [0.1, 0.15) is 0 Å². The Hall–Kier alpha value is -1.47. The monoisotopic (exact) mass is 254 g/mol. The van der Waals surface area contributed by atoms with Crippen molar-refractivity contribution in [3.8, 4) is 0 Å². The third-order valence-corrected chi connectivity index (χ3v) is 2.90. The number of amides is 1. The van der Waals surface area contributed by atoms with Gasteiger partial charge in [0, 0.05) is 26.1 Å². The smallest absolute Gasteiger partial charge is 0.239 e. The minimum atomic E-state index is -0.199. The van der Waals surface area contributed by atoms with E-state index in [0.717, 1.165) is 0 Å². The average molecular weight is 254 g/mol. The van der Waals surface area contributed by atoms with Gasteiger partial charge in [-0.25, -0.2) is 0 Å².